The van der Waals surface area contributed by atoms with Gasteiger partial charge in [-0.15, -0.1) is 0 Å². The fourth-order valence-corrected chi connectivity index (χ4v) is 1.75. The van der Waals surface area contributed by atoms with Crippen molar-refractivity contribution in [3.05, 3.63) is 59.7 Å². The van der Waals surface area contributed by atoms with E-state index in [0.29, 0.717) is 0 Å². The number of allylic oxidation sites excluding steroid dienone is 4. The molecule has 79 valence electrons. The average molecular weight is 207 g/mol. The van der Waals surface area contributed by atoms with Crippen molar-refractivity contribution in [3.8, 4) is 11.8 Å². The molecule has 0 saturated carbocycles. The lowest BCUT2D eigenvalue weighted by molar-refractivity contribution is 0.712. The third-order valence-electron chi connectivity index (χ3n) is 2.62. The van der Waals surface area contributed by atoms with E-state index in [9.17, 15) is 0 Å². The summed E-state index contributed by atoms with van der Waals surface area (Å²) in [5, 5.41) is 0. The van der Waals surface area contributed by atoms with Crippen LogP contribution in [-0.2, 0) is 0 Å². The second-order valence-electron chi connectivity index (χ2n) is 3.90. The van der Waals surface area contributed by atoms with Crippen LogP contribution in [0.2, 0.25) is 0 Å². The second kappa shape index (κ2) is 5.98. The Bertz CT molecular complexity index is 438. The van der Waals surface area contributed by atoms with Crippen molar-refractivity contribution in [1.82, 2.24) is 0 Å². The van der Waals surface area contributed by atoms with Crippen molar-refractivity contribution in [1.29, 1.82) is 0 Å². The van der Waals surface area contributed by atoms with Crippen molar-refractivity contribution in [3.63, 3.8) is 0 Å². The fourth-order valence-electron chi connectivity index (χ4n) is 1.75. The van der Waals surface area contributed by atoms with E-state index in [1.165, 1.54) is 31.3 Å². The van der Waals surface area contributed by atoms with Crippen LogP contribution in [0.1, 0.15) is 31.2 Å². The summed E-state index contributed by atoms with van der Waals surface area (Å²) >= 11 is 0. The first-order valence-corrected chi connectivity index (χ1v) is 5.79. The molecule has 0 saturated heterocycles. The van der Waals surface area contributed by atoms with Crippen LogP contribution >= 0.6 is 0 Å². The van der Waals surface area contributed by atoms with Gasteiger partial charge in [0.15, 0.2) is 0 Å². The largest absolute Gasteiger partial charge is 0.0813 e. The Morgan fingerprint density at radius 1 is 1.25 bits per heavy atom. The zero-order valence-corrected chi connectivity index (χ0v) is 9.37. The molecule has 2 rings (SSSR count). The number of hydrogen-bond acceptors (Lipinski definition) is 0. The highest BCUT2D eigenvalue weighted by atomic mass is 14.0. The molecule has 0 atom stereocenters. The van der Waals surface area contributed by atoms with E-state index in [1.54, 1.807) is 0 Å². The van der Waals surface area contributed by atoms with E-state index in [0.717, 1.165) is 5.56 Å². The Balaban J connectivity index is 1.94. The fraction of sp³-hybridized carbons (Fsp3) is 0.250. The van der Waals surface area contributed by atoms with Gasteiger partial charge in [0, 0.05) is 5.56 Å². The van der Waals surface area contributed by atoms with Crippen LogP contribution in [0, 0.1) is 17.9 Å². The lowest BCUT2D eigenvalue weighted by Crippen LogP contribution is -1.87. The Morgan fingerprint density at radius 2 is 2.25 bits per heavy atom. The van der Waals surface area contributed by atoms with Gasteiger partial charge in [0.05, 0.1) is 0 Å². The van der Waals surface area contributed by atoms with Gasteiger partial charge in [0.25, 0.3) is 0 Å². The van der Waals surface area contributed by atoms with Crippen LogP contribution in [0.25, 0.3) is 0 Å². The summed E-state index contributed by atoms with van der Waals surface area (Å²) in [4.78, 5) is 0. The summed E-state index contributed by atoms with van der Waals surface area (Å²) < 4.78 is 0. The Hall–Kier alpha value is -1.74. The van der Waals surface area contributed by atoms with Gasteiger partial charge in [-0.05, 0) is 43.9 Å². The van der Waals surface area contributed by atoms with Gasteiger partial charge >= 0.3 is 0 Å². The summed E-state index contributed by atoms with van der Waals surface area (Å²) in [6, 6.07) is 10.9. The highest BCUT2D eigenvalue weighted by Crippen LogP contribution is 2.17. The first-order chi connectivity index (χ1) is 7.95. The molecule has 0 aliphatic heterocycles. The van der Waals surface area contributed by atoms with Crippen molar-refractivity contribution in [2.75, 3.05) is 0 Å². The van der Waals surface area contributed by atoms with Crippen molar-refractivity contribution >= 4 is 0 Å². The van der Waals surface area contributed by atoms with Gasteiger partial charge in [-0.1, -0.05) is 47.8 Å². The average Bonchev–Trinajstić information content (AvgIpc) is 2.37. The van der Waals surface area contributed by atoms with Crippen molar-refractivity contribution in [2.45, 2.75) is 25.7 Å². The molecule has 0 aromatic heterocycles. The molecule has 0 nitrogen and oxygen atoms in total. The molecule has 0 N–H and O–H groups in total. The molecule has 1 aromatic carbocycles. The molecule has 0 heterocycles. The highest BCUT2D eigenvalue weighted by molar-refractivity contribution is 5.37. The molecule has 1 aromatic rings. The Morgan fingerprint density at radius 3 is 3.00 bits per heavy atom. The molecule has 0 bridgehead atoms. The minimum Gasteiger partial charge on any atom is -0.0813 e. The van der Waals surface area contributed by atoms with Gasteiger partial charge < -0.3 is 0 Å². The predicted octanol–water partition coefficient (Wildman–Crippen LogP) is 3.89. The minimum atomic E-state index is 0.949. The van der Waals surface area contributed by atoms with Gasteiger partial charge in [-0.2, -0.15) is 0 Å². The van der Waals surface area contributed by atoms with Crippen LogP contribution in [0.4, 0.5) is 0 Å². The lowest BCUT2D eigenvalue weighted by Gasteiger charge is -2.07. The maximum absolute atomic E-state index is 3.08. The first-order valence-electron chi connectivity index (χ1n) is 5.79. The zero-order chi connectivity index (χ0) is 11.1. The smallest absolute Gasteiger partial charge is 0.0327 e. The number of benzene rings is 1. The third-order valence-corrected chi connectivity index (χ3v) is 2.62. The second-order valence-corrected chi connectivity index (χ2v) is 3.90. The Labute approximate surface area is 97.7 Å². The maximum Gasteiger partial charge on any atom is 0.0327 e. The van der Waals surface area contributed by atoms with Crippen LogP contribution in [0.3, 0.4) is 0 Å². The summed E-state index contributed by atoms with van der Waals surface area (Å²) in [6.45, 7) is 0. The van der Waals surface area contributed by atoms with Crippen molar-refractivity contribution < 1.29 is 0 Å². The molecule has 1 aliphatic carbocycles. The zero-order valence-electron chi connectivity index (χ0n) is 9.37. The normalized spacial score (nSPS) is 15.4. The highest BCUT2D eigenvalue weighted by Gasteiger charge is 1.98. The topological polar surface area (TPSA) is 0 Å². The van der Waals surface area contributed by atoms with Gasteiger partial charge in [0.2, 0.25) is 0 Å². The van der Waals surface area contributed by atoms with Crippen LogP contribution < -0.4 is 0 Å². The predicted molar refractivity (Wildman–Crippen MR) is 67.8 cm³/mol. The molecule has 0 fully saturated rings. The van der Waals surface area contributed by atoms with E-state index in [1.807, 2.05) is 30.3 Å². The third kappa shape index (κ3) is 3.44. The van der Waals surface area contributed by atoms with E-state index in [4.69, 9.17) is 0 Å². The monoisotopic (exact) mass is 207 g/mol. The molecular weight excluding hydrogens is 192 g/mol. The summed E-state index contributed by atoms with van der Waals surface area (Å²) in [5.41, 5.74) is 2.38. The van der Waals surface area contributed by atoms with Crippen LogP contribution in [0.5, 0.6) is 0 Å². The van der Waals surface area contributed by atoms with Gasteiger partial charge in [-0.25, -0.2) is 0 Å². The standard InChI is InChI=1S/C16H15/c1-3-9-15(10-4-1)13-7-8-14-16-11-5-2-6-12-16/h1,3-4,8-9,11,14H,2,5-6,12H2. The van der Waals surface area contributed by atoms with E-state index in [2.05, 4.69) is 30.1 Å². The molecular formula is C16H15. The van der Waals surface area contributed by atoms with Crippen LogP contribution in [0.15, 0.2) is 48.1 Å². The molecule has 0 unspecified atom stereocenters. The summed E-state index contributed by atoms with van der Waals surface area (Å²) in [5.74, 6) is 6.11. The van der Waals surface area contributed by atoms with E-state index in [-0.39, 0.29) is 0 Å². The van der Waals surface area contributed by atoms with E-state index < -0.39 is 0 Å². The molecule has 0 spiro atoms. The molecule has 0 heteroatoms. The van der Waals surface area contributed by atoms with Crippen LogP contribution in [-0.4, -0.2) is 0 Å². The maximum atomic E-state index is 3.08. The SMILES string of the molecule is C(#Cc1[c]cccc1)C=CC1=CCCCC1. The number of rotatable bonds is 1. The summed E-state index contributed by atoms with van der Waals surface area (Å²) in [7, 11) is 0. The lowest BCUT2D eigenvalue weighted by atomic mass is 9.99. The molecule has 16 heavy (non-hydrogen) atoms. The molecule has 1 radical (unpaired) electrons. The van der Waals surface area contributed by atoms with Crippen molar-refractivity contribution in [2.24, 2.45) is 0 Å². The minimum absolute atomic E-state index is 0.949. The first kappa shape index (κ1) is 10.8. The summed E-state index contributed by atoms with van der Waals surface area (Å²) in [6.07, 6.45) is 11.5. The van der Waals surface area contributed by atoms with Gasteiger partial charge in [-0.3, -0.25) is 0 Å². The Kier molecular flexibility index (Phi) is 4.02. The van der Waals surface area contributed by atoms with E-state index >= 15 is 0 Å². The quantitative estimate of drug-likeness (QED) is 0.613. The van der Waals surface area contributed by atoms with Gasteiger partial charge in [0.1, 0.15) is 0 Å². The molecule has 0 amide bonds. The molecule has 1 aliphatic rings. The number of hydrogen-bond donors (Lipinski definition) is 0.